The van der Waals surface area contributed by atoms with E-state index in [-0.39, 0.29) is 0 Å². The van der Waals surface area contributed by atoms with Crippen LogP contribution in [0.4, 0.5) is 0 Å². The Morgan fingerprint density at radius 3 is 1.48 bits per heavy atom. The van der Waals surface area contributed by atoms with Gasteiger partial charge in [0.25, 0.3) is 0 Å². The molecule has 2 heteroatoms. The lowest BCUT2D eigenvalue weighted by Gasteiger charge is -2.14. The van der Waals surface area contributed by atoms with Crippen molar-refractivity contribution in [3.63, 3.8) is 0 Å². The van der Waals surface area contributed by atoms with Gasteiger partial charge in [-0.25, -0.2) is 9.97 Å². The molecule has 0 aliphatic rings. The van der Waals surface area contributed by atoms with Gasteiger partial charge in [0.05, 0.1) is 11.4 Å². The molecule has 0 N–H and O–H groups in total. The molecule has 0 radical (unpaired) electrons. The summed E-state index contributed by atoms with van der Waals surface area (Å²) < 4.78 is 0. The monoisotopic (exact) mass is 560 g/mol. The van der Waals surface area contributed by atoms with Crippen molar-refractivity contribution in [2.45, 2.75) is 0 Å². The van der Waals surface area contributed by atoms with Crippen molar-refractivity contribution in [1.82, 2.24) is 9.97 Å². The third-order valence-corrected chi connectivity index (χ3v) is 8.29. The molecule has 206 valence electrons. The molecule has 7 aromatic carbocycles. The van der Waals surface area contributed by atoms with Gasteiger partial charge in [-0.3, -0.25) is 0 Å². The fourth-order valence-corrected chi connectivity index (χ4v) is 6.06. The number of hydrogen-bond donors (Lipinski definition) is 0. The number of nitrogens with zero attached hydrogens (tertiary/aromatic N) is 2. The summed E-state index contributed by atoms with van der Waals surface area (Å²) in [6.45, 7) is 0. The Hall–Kier alpha value is -5.86. The number of aromatic nitrogens is 2. The van der Waals surface area contributed by atoms with Crippen molar-refractivity contribution in [1.29, 1.82) is 0 Å². The van der Waals surface area contributed by atoms with Gasteiger partial charge in [-0.15, -0.1) is 0 Å². The second-order valence-corrected chi connectivity index (χ2v) is 11.0. The molecule has 0 saturated heterocycles. The third-order valence-electron chi connectivity index (χ3n) is 8.29. The average Bonchev–Trinajstić information content (AvgIpc) is 3.11. The van der Waals surface area contributed by atoms with Crippen LogP contribution in [0.2, 0.25) is 0 Å². The molecule has 2 nitrogen and oxygen atoms in total. The second-order valence-electron chi connectivity index (χ2n) is 11.0. The molecule has 0 atom stereocenters. The Morgan fingerprint density at radius 1 is 0.295 bits per heavy atom. The average molecular weight is 561 g/mol. The zero-order valence-corrected chi connectivity index (χ0v) is 24.1. The first kappa shape index (κ1) is 25.8. The van der Waals surface area contributed by atoms with Crippen molar-refractivity contribution in [2.24, 2.45) is 0 Å². The zero-order valence-electron chi connectivity index (χ0n) is 24.1. The molecule has 0 aliphatic heterocycles. The Labute approximate surface area is 257 Å². The number of hydrogen-bond acceptors (Lipinski definition) is 2. The number of rotatable bonds is 5. The summed E-state index contributed by atoms with van der Waals surface area (Å²) in [5.41, 5.74) is 9.81. The summed E-state index contributed by atoms with van der Waals surface area (Å²) >= 11 is 0. The smallest absolute Gasteiger partial charge is 0.160 e. The van der Waals surface area contributed by atoms with Gasteiger partial charge in [-0.05, 0) is 62.0 Å². The molecule has 0 bridgehead atoms. The lowest BCUT2D eigenvalue weighted by molar-refractivity contribution is 1.19. The molecule has 0 amide bonds. The Balaban J connectivity index is 1.29. The van der Waals surface area contributed by atoms with Crippen LogP contribution in [-0.4, -0.2) is 9.97 Å². The van der Waals surface area contributed by atoms with E-state index in [9.17, 15) is 0 Å². The maximum absolute atomic E-state index is 5.15. The normalized spacial score (nSPS) is 11.2. The highest BCUT2D eigenvalue weighted by Gasteiger charge is 2.15. The van der Waals surface area contributed by atoms with E-state index in [1.165, 1.54) is 43.8 Å². The van der Waals surface area contributed by atoms with Gasteiger partial charge >= 0.3 is 0 Å². The first-order valence-electron chi connectivity index (χ1n) is 14.9. The molecule has 0 spiro atoms. The van der Waals surface area contributed by atoms with Crippen molar-refractivity contribution in [2.75, 3.05) is 0 Å². The first-order valence-corrected chi connectivity index (χ1v) is 14.9. The summed E-state index contributed by atoms with van der Waals surface area (Å²) in [5.74, 6) is 0.717. The predicted molar refractivity (Wildman–Crippen MR) is 184 cm³/mol. The summed E-state index contributed by atoms with van der Waals surface area (Å²) in [5, 5.41) is 4.76. The minimum absolute atomic E-state index is 0.717. The van der Waals surface area contributed by atoms with E-state index in [0.717, 1.165) is 28.1 Å². The quantitative estimate of drug-likeness (QED) is 0.209. The van der Waals surface area contributed by atoms with Gasteiger partial charge in [0, 0.05) is 16.7 Å². The minimum Gasteiger partial charge on any atom is -0.228 e. The van der Waals surface area contributed by atoms with E-state index < -0.39 is 0 Å². The predicted octanol–water partition coefficient (Wildman–Crippen LogP) is 11.1. The molecule has 1 heterocycles. The lowest BCUT2D eigenvalue weighted by Crippen LogP contribution is -1.97. The molecule has 1 aromatic heterocycles. The molecule has 0 unspecified atom stereocenters. The van der Waals surface area contributed by atoms with Crippen LogP contribution in [0.15, 0.2) is 170 Å². The highest BCUT2D eigenvalue weighted by atomic mass is 14.9. The molecule has 44 heavy (non-hydrogen) atoms. The standard InChI is InChI=1S/C42H28N2/c1-4-12-29(13-5-1)32-20-21-34-27-35(23-22-33(34)26-32)40-28-41(44-42(43-40)31-16-8-3-9-17-31)39-25-24-36(30-14-6-2-7-15-30)37-18-10-11-19-38(37)39/h1-28H. The van der Waals surface area contributed by atoms with Crippen LogP contribution in [0.25, 0.3) is 77.7 Å². The van der Waals surface area contributed by atoms with Crippen LogP contribution in [0.5, 0.6) is 0 Å². The van der Waals surface area contributed by atoms with Crippen LogP contribution in [-0.2, 0) is 0 Å². The van der Waals surface area contributed by atoms with Gasteiger partial charge in [-0.2, -0.15) is 0 Å². The van der Waals surface area contributed by atoms with Crippen LogP contribution in [0.1, 0.15) is 0 Å². The topological polar surface area (TPSA) is 25.8 Å². The summed E-state index contributed by atoms with van der Waals surface area (Å²) in [6.07, 6.45) is 0. The molecular formula is C42H28N2. The SMILES string of the molecule is c1ccc(-c2ccc3cc(-c4cc(-c5ccc(-c6ccccc6)c6ccccc56)nc(-c5ccccc5)n4)ccc3c2)cc1. The Morgan fingerprint density at radius 2 is 0.795 bits per heavy atom. The largest absolute Gasteiger partial charge is 0.228 e. The maximum Gasteiger partial charge on any atom is 0.160 e. The molecular weight excluding hydrogens is 532 g/mol. The highest BCUT2D eigenvalue weighted by molar-refractivity contribution is 6.04. The second kappa shape index (κ2) is 11.1. The van der Waals surface area contributed by atoms with Gasteiger partial charge in [0.15, 0.2) is 5.82 Å². The van der Waals surface area contributed by atoms with Gasteiger partial charge in [-0.1, -0.05) is 152 Å². The van der Waals surface area contributed by atoms with E-state index in [1.54, 1.807) is 0 Å². The van der Waals surface area contributed by atoms with Crippen LogP contribution < -0.4 is 0 Å². The van der Waals surface area contributed by atoms with E-state index >= 15 is 0 Å². The fraction of sp³-hybridized carbons (Fsp3) is 0. The van der Waals surface area contributed by atoms with Crippen molar-refractivity contribution < 1.29 is 0 Å². The zero-order chi connectivity index (χ0) is 29.3. The summed E-state index contributed by atoms with van der Waals surface area (Å²) in [6, 6.07) is 59.8. The lowest BCUT2D eigenvalue weighted by atomic mass is 9.93. The molecule has 8 aromatic rings. The number of benzene rings is 7. The van der Waals surface area contributed by atoms with Gasteiger partial charge in [0.1, 0.15) is 0 Å². The van der Waals surface area contributed by atoms with Gasteiger partial charge in [0.2, 0.25) is 0 Å². The summed E-state index contributed by atoms with van der Waals surface area (Å²) in [4.78, 5) is 10.3. The summed E-state index contributed by atoms with van der Waals surface area (Å²) in [7, 11) is 0. The third kappa shape index (κ3) is 4.83. The molecule has 0 saturated carbocycles. The minimum atomic E-state index is 0.717. The highest BCUT2D eigenvalue weighted by Crippen LogP contribution is 2.37. The Kier molecular flexibility index (Phi) is 6.51. The van der Waals surface area contributed by atoms with Crippen molar-refractivity contribution >= 4 is 21.5 Å². The van der Waals surface area contributed by atoms with E-state index in [0.29, 0.717) is 5.82 Å². The van der Waals surface area contributed by atoms with Gasteiger partial charge < -0.3 is 0 Å². The van der Waals surface area contributed by atoms with Crippen LogP contribution in [0.3, 0.4) is 0 Å². The first-order chi connectivity index (χ1) is 21.8. The molecule has 8 rings (SSSR count). The van der Waals surface area contributed by atoms with Crippen LogP contribution in [0, 0.1) is 0 Å². The molecule has 0 fully saturated rings. The van der Waals surface area contributed by atoms with E-state index in [4.69, 9.17) is 9.97 Å². The Bertz CT molecular complexity index is 2260. The van der Waals surface area contributed by atoms with E-state index in [2.05, 4.69) is 152 Å². The number of fused-ring (bicyclic) bond motifs is 2. The molecule has 0 aliphatic carbocycles. The fourth-order valence-electron chi connectivity index (χ4n) is 6.06. The van der Waals surface area contributed by atoms with Crippen molar-refractivity contribution in [3.05, 3.63) is 170 Å². The maximum atomic E-state index is 5.15. The van der Waals surface area contributed by atoms with Crippen LogP contribution >= 0.6 is 0 Å². The van der Waals surface area contributed by atoms with E-state index in [1.807, 2.05) is 18.2 Å². The van der Waals surface area contributed by atoms with Crippen molar-refractivity contribution in [3.8, 4) is 56.2 Å².